The lowest BCUT2D eigenvalue weighted by Gasteiger charge is -2.46. The molecule has 8 aromatic carbocycles. The fraction of sp³-hybridized carbons (Fsp3) is 0.175. The molecule has 6 nitrogen and oxygen atoms in total. The van der Waals surface area contributed by atoms with E-state index in [1.54, 1.807) is 0 Å². The van der Waals surface area contributed by atoms with Gasteiger partial charge in [0.05, 0.1) is 11.4 Å². The number of nitrogens with zero attached hydrogens (tertiary/aromatic N) is 2. The highest BCUT2D eigenvalue weighted by atomic mass is 16.6. The number of allylic oxidation sites excluding steroid dienone is 2. The lowest BCUT2D eigenvalue weighted by molar-refractivity contribution is 0.172. The molecule has 0 amide bonds. The van der Waals surface area contributed by atoms with E-state index in [9.17, 15) is 0 Å². The molecular weight excluding hydrogens is 860 g/mol. The number of aryl methyl sites for hydroxylation is 3. The quantitative estimate of drug-likeness (QED) is 0.164. The van der Waals surface area contributed by atoms with Crippen molar-refractivity contribution in [2.24, 2.45) is 0 Å². The summed E-state index contributed by atoms with van der Waals surface area (Å²) in [7, 11) is 0. The summed E-state index contributed by atoms with van der Waals surface area (Å²) in [4.78, 5) is 5.00. The number of benzene rings is 8. The fourth-order valence-corrected chi connectivity index (χ4v) is 12.1. The molecule has 1 aromatic heterocycles. The molecule has 14 rings (SSSR count). The summed E-state index contributed by atoms with van der Waals surface area (Å²) in [6.45, 7) is 14.5. The SMILES string of the molecule is Cc1cc2c3c(c1)N(c1c(C)cc(C(C)(C)C)cc1C)c1c(ccc4c1OCCO4)B3c1cc(-c3ccc4c(c3)oc3ccccc34)ccc1N2c1ccc(-c2ccc3c(c2)OC2C=CC=CC32)cc1. The van der Waals surface area contributed by atoms with Crippen LogP contribution in [-0.4, -0.2) is 26.0 Å². The van der Waals surface area contributed by atoms with Crippen molar-refractivity contribution in [1.29, 1.82) is 0 Å². The molecule has 70 heavy (non-hydrogen) atoms. The molecule has 5 heterocycles. The third-order valence-electron chi connectivity index (χ3n) is 15.4. The van der Waals surface area contributed by atoms with Crippen LogP contribution in [0, 0.1) is 20.8 Å². The second-order valence-corrected chi connectivity index (χ2v) is 20.8. The van der Waals surface area contributed by atoms with E-state index in [1.165, 1.54) is 55.6 Å². The highest BCUT2D eigenvalue weighted by Gasteiger charge is 2.46. The average molecular weight is 911 g/mol. The van der Waals surface area contributed by atoms with Gasteiger partial charge in [-0.25, -0.2) is 0 Å². The Labute approximate surface area is 409 Å². The maximum atomic E-state index is 6.75. The maximum Gasteiger partial charge on any atom is 0.252 e. The Bertz CT molecular complexity index is 3740. The van der Waals surface area contributed by atoms with E-state index >= 15 is 0 Å². The van der Waals surface area contributed by atoms with Crippen LogP contribution in [-0.2, 0) is 5.41 Å². The zero-order valence-corrected chi connectivity index (χ0v) is 40.3. The Hall–Kier alpha value is -7.90. The Morgan fingerprint density at radius 1 is 0.557 bits per heavy atom. The molecule has 0 fully saturated rings. The number of rotatable bonds is 4. The molecule has 9 aromatic rings. The number of hydrogen-bond donors (Lipinski definition) is 0. The summed E-state index contributed by atoms with van der Waals surface area (Å²) in [6.07, 6.45) is 8.67. The van der Waals surface area contributed by atoms with Crippen LogP contribution in [0.2, 0.25) is 0 Å². The van der Waals surface area contributed by atoms with E-state index in [0.29, 0.717) is 13.2 Å². The van der Waals surface area contributed by atoms with Gasteiger partial charge < -0.3 is 28.4 Å². The number of para-hydroxylation sites is 1. The van der Waals surface area contributed by atoms with E-state index in [0.717, 1.165) is 84.2 Å². The van der Waals surface area contributed by atoms with Gasteiger partial charge in [0.1, 0.15) is 36.2 Å². The topological polar surface area (TPSA) is 47.3 Å². The second kappa shape index (κ2) is 15.1. The average Bonchev–Trinajstić information content (AvgIpc) is 3.94. The molecule has 4 aliphatic heterocycles. The van der Waals surface area contributed by atoms with E-state index < -0.39 is 0 Å². The first kappa shape index (κ1) is 41.1. The third-order valence-corrected chi connectivity index (χ3v) is 15.4. The summed E-state index contributed by atoms with van der Waals surface area (Å²) in [5.41, 5.74) is 22.9. The highest BCUT2D eigenvalue weighted by molar-refractivity contribution is 7.00. The molecular formula is C63H51BN2O4. The molecule has 0 saturated carbocycles. The standard InChI is InChI=1S/C63H51BN2O4/c1-36-29-52-59-53(30-36)66(60-37(2)31-43(32-38(60)3)63(4,5)6)61-49(24-26-56-62(61)68-28-27-67-56)64(59)50-33-40(42-18-23-48-46-12-8-10-14-55(46)70-58(48)35-42)19-25-51(50)65(52)44-20-15-39(16-21-44)41-17-22-47-45-11-7-9-13-54(45)69-57(47)34-41/h7-26,29-35,45,54H,27-28H2,1-6H3. The molecule has 5 aliphatic rings. The van der Waals surface area contributed by atoms with Crippen LogP contribution in [0.5, 0.6) is 17.2 Å². The number of fused-ring (bicyclic) bond motifs is 12. The highest BCUT2D eigenvalue weighted by Crippen LogP contribution is 2.52. The molecule has 0 spiro atoms. The predicted molar refractivity (Wildman–Crippen MR) is 288 cm³/mol. The molecule has 0 radical (unpaired) electrons. The van der Waals surface area contributed by atoms with Crippen LogP contribution in [0.1, 0.15) is 54.5 Å². The van der Waals surface area contributed by atoms with E-state index in [2.05, 4.69) is 203 Å². The van der Waals surface area contributed by atoms with Crippen molar-refractivity contribution in [3.63, 3.8) is 0 Å². The van der Waals surface area contributed by atoms with Gasteiger partial charge in [-0.2, -0.15) is 0 Å². The van der Waals surface area contributed by atoms with Gasteiger partial charge in [-0.3, -0.25) is 0 Å². The maximum absolute atomic E-state index is 6.75. The Morgan fingerprint density at radius 3 is 2.09 bits per heavy atom. The third kappa shape index (κ3) is 6.13. The minimum absolute atomic E-state index is 0.00793. The van der Waals surface area contributed by atoms with Crippen LogP contribution >= 0.6 is 0 Å². The van der Waals surface area contributed by atoms with Gasteiger partial charge in [-0.1, -0.05) is 118 Å². The first-order valence-electron chi connectivity index (χ1n) is 24.7. The second-order valence-electron chi connectivity index (χ2n) is 20.8. The number of anilines is 6. The van der Waals surface area contributed by atoms with Gasteiger partial charge in [0.25, 0.3) is 6.71 Å². The minimum Gasteiger partial charge on any atom is -0.486 e. The van der Waals surface area contributed by atoms with Gasteiger partial charge in [-0.15, -0.1) is 0 Å². The summed E-state index contributed by atoms with van der Waals surface area (Å²) in [5.74, 6) is 2.80. The first-order chi connectivity index (χ1) is 34.1. The van der Waals surface area contributed by atoms with Crippen molar-refractivity contribution in [3.05, 3.63) is 192 Å². The van der Waals surface area contributed by atoms with Gasteiger partial charge >= 0.3 is 0 Å². The normalized spacial score (nSPS) is 17.0. The van der Waals surface area contributed by atoms with E-state index in [1.807, 2.05) is 12.1 Å². The molecule has 0 bridgehead atoms. The van der Waals surface area contributed by atoms with Gasteiger partial charge in [0.15, 0.2) is 11.5 Å². The van der Waals surface area contributed by atoms with E-state index in [4.69, 9.17) is 18.6 Å². The smallest absolute Gasteiger partial charge is 0.252 e. The lowest BCUT2D eigenvalue weighted by atomic mass is 9.33. The van der Waals surface area contributed by atoms with Crippen molar-refractivity contribution in [3.8, 4) is 39.5 Å². The van der Waals surface area contributed by atoms with Crippen molar-refractivity contribution < 1.29 is 18.6 Å². The number of ether oxygens (including phenoxy) is 3. The van der Waals surface area contributed by atoms with E-state index in [-0.39, 0.29) is 24.1 Å². The molecule has 1 aliphatic carbocycles. The van der Waals surface area contributed by atoms with Crippen LogP contribution in [0.3, 0.4) is 0 Å². The minimum atomic E-state index is -0.123. The summed E-state index contributed by atoms with van der Waals surface area (Å²) in [5, 5.41) is 2.25. The number of furan rings is 1. The zero-order chi connectivity index (χ0) is 47.2. The van der Waals surface area contributed by atoms with Crippen LogP contribution < -0.4 is 40.4 Å². The van der Waals surface area contributed by atoms with Crippen molar-refractivity contribution >= 4 is 79.2 Å². The molecule has 7 heteroatoms. The summed E-state index contributed by atoms with van der Waals surface area (Å²) < 4.78 is 26.1. The monoisotopic (exact) mass is 910 g/mol. The largest absolute Gasteiger partial charge is 0.486 e. The molecule has 0 saturated heterocycles. The number of hydrogen-bond acceptors (Lipinski definition) is 6. The molecule has 340 valence electrons. The molecule has 2 unspecified atom stereocenters. The Kier molecular flexibility index (Phi) is 8.84. The van der Waals surface area contributed by atoms with Gasteiger partial charge in [0, 0.05) is 45.0 Å². The lowest BCUT2D eigenvalue weighted by Crippen LogP contribution is -2.61. The van der Waals surface area contributed by atoms with Crippen LogP contribution in [0.4, 0.5) is 34.1 Å². The first-order valence-corrected chi connectivity index (χ1v) is 24.7. The molecule has 0 N–H and O–H groups in total. The summed E-state index contributed by atoms with van der Waals surface area (Å²) >= 11 is 0. The van der Waals surface area contributed by atoms with Gasteiger partial charge in [0.2, 0.25) is 0 Å². The van der Waals surface area contributed by atoms with Crippen molar-refractivity contribution in [1.82, 2.24) is 0 Å². The predicted octanol–water partition coefficient (Wildman–Crippen LogP) is 14.0. The van der Waals surface area contributed by atoms with Gasteiger partial charge in [-0.05, 0) is 154 Å². The Balaban J connectivity index is 0.985. The van der Waals surface area contributed by atoms with Crippen molar-refractivity contribution in [2.75, 3.05) is 23.0 Å². The van der Waals surface area contributed by atoms with Crippen LogP contribution in [0.25, 0.3) is 44.2 Å². The summed E-state index contributed by atoms with van der Waals surface area (Å²) in [6, 6.07) is 51.7. The molecule has 2 atom stereocenters. The fourth-order valence-electron chi connectivity index (χ4n) is 12.1. The van der Waals surface area contributed by atoms with Crippen LogP contribution in [0.15, 0.2) is 168 Å². The zero-order valence-electron chi connectivity index (χ0n) is 40.3. The van der Waals surface area contributed by atoms with Crippen molar-refractivity contribution in [2.45, 2.75) is 59.0 Å². The Morgan fingerprint density at radius 2 is 1.26 bits per heavy atom.